The molecule has 1 rings (SSSR count). The monoisotopic (exact) mass is 230 g/mol. The van der Waals surface area contributed by atoms with Gasteiger partial charge in [0.2, 0.25) is 5.91 Å². The molecular weight excluding hydrogens is 208 g/mol. The quantitative estimate of drug-likeness (QED) is 0.500. The molecule has 0 aromatic rings. The van der Waals surface area contributed by atoms with Gasteiger partial charge in [-0.3, -0.25) is 4.79 Å². The lowest BCUT2D eigenvalue weighted by molar-refractivity contribution is -0.132. The number of piperidine rings is 1. The van der Waals surface area contributed by atoms with Crippen LogP contribution in [-0.2, 0) is 4.79 Å². The molecule has 94 valence electrons. The van der Waals surface area contributed by atoms with Crippen LogP contribution in [0.5, 0.6) is 0 Å². The van der Waals surface area contributed by atoms with E-state index in [1.54, 1.807) is 0 Å². The summed E-state index contributed by atoms with van der Waals surface area (Å²) in [6.07, 6.45) is 1.82. The Balaban J connectivity index is 2.48. The Bertz CT molecular complexity index is 227. The van der Waals surface area contributed by atoms with E-state index in [4.69, 9.17) is 5.11 Å². The number of aliphatic hydroxyl groups excluding tert-OH is 2. The zero-order valence-electron chi connectivity index (χ0n) is 9.83. The van der Waals surface area contributed by atoms with Crippen LogP contribution in [0, 0.1) is 5.41 Å². The molecule has 4 N–H and O–H groups in total. The fourth-order valence-electron chi connectivity index (χ4n) is 2.09. The van der Waals surface area contributed by atoms with Gasteiger partial charge < -0.3 is 20.8 Å². The third-order valence-corrected chi connectivity index (χ3v) is 3.34. The molecule has 2 unspecified atom stereocenters. The minimum absolute atomic E-state index is 0.0188. The molecule has 1 heterocycles. The Morgan fingerprint density at radius 1 is 1.62 bits per heavy atom. The number of hydrogen-bond acceptors (Lipinski definition) is 4. The Kier molecular flexibility index (Phi) is 5.18. The number of amides is 1. The van der Waals surface area contributed by atoms with Crippen LogP contribution in [0.15, 0.2) is 0 Å². The van der Waals surface area contributed by atoms with E-state index in [2.05, 4.69) is 10.6 Å². The van der Waals surface area contributed by atoms with Crippen LogP contribution < -0.4 is 10.6 Å². The molecule has 0 saturated carbocycles. The smallest absolute Gasteiger partial charge is 0.227 e. The SMILES string of the molecule is CCC1(C(=O)NCC(O)CO)CCCNC1. The number of hydrogen-bond donors (Lipinski definition) is 4. The predicted octanol–water partition coefficient (Wildman–Crippen LogP) is -0.764. The first kappa shape index (κ1) is 13.4. The Morgan fingerprint density at radius 3 is 2.88 bits per heavy atom. The molecule has 5 nitrogen and oxygen atoms in total. The van der Waals surface area contributed by atoms with E-state index in [1.807, 2.05) is 6.92 Å². The summed E-state index contributed by atoms with van der Waals surface area (Å²) in [5, 5.41) is 23.8. The first-order valence-electron chi connectivity index (χ1n) is 5.92. The summed E-state index contributed by atoms with van der Waals surface area (Å²) in [4.78, 5) is 12.0. The summed E-state index contributed by atoms with van der Waals surface area (Å²) in [6, 6.07) is 0. The van der Waals surface area contributed by atoms with Gasteiger partial charge in [-0.25, -0.2) is 0 Å². The highest BCUT2D eigenvalue weighted by Gasteiger charge is 2.37. The van der Waals surface area contributed by atoms with Crippen molar-refractivity contribution >= 4 is 5.91 Å². The summed E-state index contributed by atoms with van der Waals surface area (Å²) in [7, 11) is 0. The van der Waals surface area contributed by atoms with Crippen molar-refractivity contribution in [1.82, 2.24) is 10.6 Å². The number of aliphatic hydroxyl groups is 2. The molecule has 1 fully saturated rings. The van der Waals surface area contributed by atoms with Crippen molar-refractivity contribution in [2.24, 2.45) is 5.41 Å². The minimum Gasteiger partial charge on any atom is -0.394 e. The minimum atomic E-state index is -0.866. The summed E-state index contributed by atoms with van der Waals surface area (Å²) in [5.74, 6) is -0.0188. The largest absolute Gasteiger partial charge is 0.394 e. The van der Waals surface area contributed by atoms with Gasteiger partial charge in [0.05, 0.1) is 18.1 Å². The van der Waals surface area contributed by atoms with Crippen molar-refractivity contribution < 1.29 is 15.0 Å². The van der Waals surface area contributed by atoms with Crippen molar-refractivity contribution in [2.75, 3.05) is 26.2 Å². The molecule has 2 atom stereocenters. The molecule has 1 amide bonds. The fourth-order valence-corrected chi connectivity index (χ4v) is 2.09. The summed E-state index contributed by atoms with van der Waals surface area (Å²) >= 11 is 0. The van der Waals surface area contributed by atoms with E-state index < -0.39 is 6.10 Å². The molecule has 0 aromatic heterocycles. The highest BCUT2D eigenvalue weighted by molar-refractivity contribution is 5.83. The average molecular weight is 230 g/mol. The maximum atomic E-state index is 12.0. The van der Waals surface area contributed by atoms with Gasteiger partial charge in [0.25, 0.3) is 0 Å². The van der Waals surface area contributed by atoms with Crippen LogP contribution in [0.1, 0.15) is 26.2 Å². The van der Waals surface area contributed by atoms with Crippen molar-refractivity contribution in [2.45, 2.75) is 32.3 Å². The number of carbonyl (C=O) groups excluding carboxylic acids is 1. The number of nitrogens with one attached hydrogen (secondary N) is 2. The Morgan fingerprint density at radius 2 is 2.38 bits per heavy atom. The van der Waals surface area contributed by atoms with Crippen molar-refractivity contribution in [3.63, 3.8) is 0 Å². The van der Waals surface area contributed by atoms with Crippen molar-refractivity contribution in [3.05, 3.63) is 0 Å². The first-order valence-corrected chi connectivity index (χ1v) is 5.92. The topological polar surface area (TPSA) is 81.6 Å². The van der Waals surface area contributed by atoms with Gasteiger partial charge in [-0.2, -0.15) is 0 Å². The molecule has 0 radical (unpaired) electrons. The first-order chi connectivity index (χ1) is 7.64. The van der Waals surface area contributed by atoms with Gasteiger partial charge in [0.1, 0.15) is 0 Å². The molecule has 5 heteroatoms. The third-order valence-electron chi connectivity index (χ3n) is 3.34. The van der Waals surface area contributed by atoms with Crippen LogP contribution in [0.2, 0.25) is 0 Å². The van der Waals surface area contributed by atoms with Gasteiger partial charge in [-0.15, -0.1) is 0 Å². The van der Waals surface area contributed by atoms with Gasteiger partial charge in [-0.05, 0) is 25.8 Å². The highest BCUT2D eigenvalue weighted by Crippen LogP contribution is 2.30. The molecule has 0 bridgehead atoms. The zero-order chi connectivity index (χ0) is 12.0. The normalized spacial score (nSPS) is 27.4. The second-order valence-corrected chi connectivity index (χ2v) is 4.46. The van der Waals surface area contributed by atoms with Crippen molar-refractivity contribution in [3.8, 4) is 0 Å². The summed E-state index contributed by atoms with van der Waals surface area (Å²) in [5.41, 5.74) is -0.340. The molecule has 1 aliphatic rings. The number of carbonyl (C=O) groups is 1. The van der Waals surface area contributed by atoms with E-state index in [0.717, 1.165) is 25.8 Å². The van der Waals surface area contributed by atoms with Crippen LogP contribution >= 0.6 is 0 Å². The summed E-state index contributed by atoms with van der Waals surface area (Å²) in [6.45, 7) is 3.47. The van der Waals surface area contributed by atoms with E-state index >= 15 is 0 Å². The molecule has 1 aliphatic heterocycles. The van der Waals surface area contributed by atoms with Gasteiger partial charge in [0, 0.05) is 13.1 Å². The maximum Gasteiger partial charge on any atom is 0.227 e. The van der Waals surface area contributed by atoms with Crippen LogP contribution in [0.4, 0.5) is 0 Å². The molecule has 0 spiro atoms. The zero-order valence-corrected chi connectivity index (χ0v) is 9.83. The average Bonchev–Trinajstić information content (AvgIpc) is 2.36. The van der Waals surface area contributed by atoms with Crippen LogP contribution in [0.3, 0.4) is 0 Å². The fraction of sp³-hybridized carbons (Fsp3) is 0.909. The summed E-state index contributed by atoms with van der Waals surface area (Å²) < 4.78 is 0. The molecule has 1 saturated heterocycles. The molecule has 16 heavy (non-hydrogen) atoms. The van der Waals surface area contributed by atoms with Crippen LogP contribution in [-0.4, -0.2) is 48.5 Å². The second kappa shape index (κ2) is 6.18. The maximum absolute atomic E-state index is 12.0. The number of rotatable bonds is 5. The Labute approximate surface area is 96.2 Å². The highest BCUT2D eigenvalue weighted by atomic mass is 16.3. The van der Waals surface area contributed by atoms with E-state index in [0.29, 0.717) is 6.54 Å². The molecule has 0 aromatic carbocycles. The third kappa shape index (κ3) is 3.17. The van der Waals surface area contributed by atoms with E-state index in [9.17, 15) is 9.90 Å². The van der Waals surface area contributed by atoms with Gasteiger partial charge >= 0.3 is 0 Å². The lowest BCUT2D eigenvalue weighted by Crippen LogP contribution is -2.51. The molecule has 0 aliphatic carbocycles. The van der Waals surface area contributed by atoms with Gasteiger partial charge in [0.15, 0.2) is 0 Å². The van der Waals surface area contributed by atoms with E-state index in [1.165, 1.54) is 0 Å². The predicted molar refractivity (Wildman–Crippen MR) is 60.9 cm³/mol. The standard InChI is InChI=1S/C11H22N2O3/c1-2-11(4-3-5-12-8-11)10(16)13-6-9(15)7-14/h9,12,14-15H,2-8H2,1H3,(H,13,16). The molecular formula is C11H22N2O3. The second-order valence-electron chi connectivity index (χ2n) is 4.46. The lowest BCUT2D eigenvalue weighted by atomic mass is 9.77. The lowest BCUT2D eigenvalue weighted by Gasteiger charge is -2.35. The van der Waals surface area contributed by atoms with Gasteiger partial charge in [-0.1, -0.05) is 6.92 Å². The van der Waals surface area contributed by atoms with E-state index in [-0.39, 0.29) is 24.5 Å². The Hall–Kier alpha value is -0.650. The van der Waals surface area contributed by atoms with Crippen LogP contribution in [0.25, 0.3) is 0 Å². The van der Waals surface area contributed by atoms with Crippen molar-refractivity contribution in [1.29, 1.82) is 0 Å².